The van der Waals surface area contributed by atoms with E-state index in [2.05, 4.69) is 10.3 Å². The lowest BCUT2D eigenvalue weighted by molar-refractivity contribution is -0.125. The van der Waals surface area contributed by atoms with E-state index in [0.717, 1.165) is 11.3 Å². The van der Waals surface area contributed by atoms with Gasteiger partial charge in [-0.15, -0.1) is 11.3 Å². The Bertz CT molecular complexity index is 779. The van der Waals surface area contributed by atoms with E-state index in [4.69, 9.17) is 14.2 Å². The number of rotatable bonds is 9. The molecule has 2 aromatic rings. The predicted molar refractivity (Wildman–Crippen MR) is 97.3 cm³/mol. The Hall–Kier alpha value is -2.52. The minimum absolute atomic E-state index is 0.138. The molecule has 1 heterocycles. The van der Waals surface area contributed by atoms with Crippen LogP contribution < -0.4 is 10.1 Å². The van der Waals surface area contributed by atoms with Gasteiger partial charge < -0.3 is 19.5 Å². The fraction of sp³-hybridized carbons (Fsp3) is 0.389. The highest BCUT2D eigenvalue weighted by Crippen LogP contribution is 2.21. The highest BCUT2D eigenvalue weighted by Gasteiger charge is 2.18. The molecule has 0 aliphatic carbocycles. The van der Waals surface area contributed by atoms with Gasteiger partial charge in [-0.3, -0.25) is 4.79 Å². The molecular formula is C18H21FN2O5S. The molecule has 0 radical (unpaired) electrons. The van der Waals surface area contributed by atoms with Crippen LogP contribution in [0, 0.1) is 12.7 Å². The SMILES string of the molecule is COCC(C)NC(=O)COC(=O)c1sc(COc2ccc(F)cc2)nc1C. The number of hydrogen-bond donors (Lipinski definition) is 1. The molecule has 1 aromatic heterocycles. The summed E-state index contributed by atoms with van der Waals surface area (Å²) >= 11 is 1.13. The number of thiazole rings is 1. The molecule has 27 heavy (non-hydrogen) atoms. The number of nitrogens with zero attached hydrogens (tertiary/aromatic N) is 1. The monoisotopic (exact) mass is 396 g/mol. The Morgan fingerprint density at radius 2 is 2.00 bits per heavy atom. The molecular weight excluding hydrogens is 375 g/mol. The lowest BCUT2D eigenvalue weighted by atomic mass is 10.3. The van der Waals surface area contributed by atoms with E-state index in [1.54, 1.807) is 13.8 Å². The minimum atomic E-state index is -0.618. The number of aromatic nitrogens is 1. The van der Waals surface area contributed by atoms with Crippen LogP contribution in [0.5, 0.6) is 5.75 Å². The molecule has 0 aliphatic heterocycles. The maximum atomic E-state index is 12.9. The van der Waals surface area contributed by atoms with Crippen molar-refractivity contribution < 1.29 is 28.2 Å². The van der Waals surface area contributed by atoms with E-state index in [-0.39, 0.29) is 25.1 Å². The van der Waals surface area contributed by atoms with Crippen molar-refractivity contribution in [2.75, 3.05) is 20.3 Å². The van der Waals surface area contributed by atoms with E-state index in [1.807, 2.05) is 0 Å². The van der Waals surface area contributed by atoms with Gasteiger partial charge in [0, 0.05) is 13.2 Å². The topological polar surface area (TPSA) is 86.8 Å². The predicted octanol–water partition coefficient (Wildman–Crippen LogP) is 2.48. The molecule has 0 bridgehead atoms. The number of hydrogen-bond acceptors (Lipinski definition) is 7. The Labute approximate surface area is 160 Å². The molecule has 0 aliphatic rings. The Morgan fingerprint density at radius 3 is 2.67 bits per heavy atom. The number of halogens is 1. The maximum Gasteiger partial charge on any atom is 0.350 e. The van der Waals surface area contributed by atoms with E-state index < -0.39 is 11.9 Å². The lowest BCUT2D eigenvalue weighted by Gasteiger charge is -2.12. The zero-order valence-corrected chi connectivity index (χ0v) is 16.1. The zero-order valence-electron chi connectivity index (χ0n) is 15.3. The molecule has 1 amide bonds. The highest BCUT2D eigenvalue weighted by atomic mass is 32.1. The van der Waals surface area contributed by atoms with Crippen LogP contribution in [0.2, 0.25) is 0 Å². The van der Waals surface area contributed by atoms with Crippen molar-refractivity contribution in [1.82, 2.24) is 10.3 Å². The minimum Gasteiger partial charge on any atom is -0.486 e. The molecule has 0 saturated carbocycles. The summed E-state index contributed by atoms with van der Waals surface area (Å²) in [6, 6.07) is 5.43. The van der Waals surface area contributed by atoms with Crippen molar-refractivity contribution in [3.05, 3.63) is 45.7 Å². The summed E-state index contributed by atoms with van der Waals surface area (Å²) in [6.07, 6.45) is 0. The van der Waals surface area contributed by atoms with E-state index >= 15 is 0 Å². The van der Waals surface area contributed by atoms with Crippen LogP contribution in [0.15, 0.2) is 24.3 Å². The molecule has 9 heteroatoms. The first kappa shape index (κ1) is 20.8. The van der Waals surface area contributed by atoms with Crippen molar-refractivity contribution in [3.8, 4) is 5.75 Å². The summed E-state index contributed by atoms with van der Waals surface area (Å²) in [5.41, 5.74) is 0.496. The number of amides is 1. The summed E-state index contributed by atoms with van der Waals surface area (Å²) in [6.45, 7) is 3.58. The van der Waals surface area contributed by atoms with Crippen LogP contribution in [0.1, 0.15) is 27.3 Å². The first-order valence-corrected chi connectivity index (χ1v) is 9.00. The fourth-order valence-electron chi connectivity index (χ4n) is 2.18. The quantitative estimate of drug-likeness (QED) is 0.656. The molecule has 1 N–H and O–H groups in total. The molecule has 7 nitrogen and oxygen atoms in total. The van der Waals surface area contributed by atoms with Gasteiger partial charge in [0.2, 0.25) is 0 Å². The summed E-state index contributed by atoms with van der Waals surface area (Å²) < 4.78 is 28.3. The number of carbonyl (C=O) groups is 2. The van der Waals surface area contributed by atoms with Crippen molar-refractivity contribution in [2.45, 2.75) is 26.5 Å². The van der Waals surface area contributed by atoms with Crippen LogP contribution in [0.25, 0.3) is 0 Å². The number of methoxy groups -OCH3 is 1. The van der Waals surface area contributed by atoms with Gasteiger partial charge >= 0.3 is 5.97 Å². The summed E-state index contributed by atoms with van der Waals surface area (Å²) in [7, 11) is 1.53. The third-order valence-electron chi connectivity index (χ3n) is 3.36. The van der Waals surface area contributed by atoms with Gasteiger partial charge in [-0.2, -0.15) is 0 Å². The number of esters is 1. The van der Waals surface area contributed by atoms with Gasteiger partial charge in [0.1, 0.15) is 28.1 Å². The van der Waals surface area contributed by atoms with Crippen LogP contribution in [-0.4, -0.2) is 43.2 Å². The van der Waals surface area contributed by atoms with Gasteiger partial charge in [0.25, 0.3) is 5.91 Å². The maximum absolute atomic E-state index is 12.9. The van der Waals surface area contributed by atoms with Crippen LogP contribution in [0.3, 0.4) is 0 Å². The smallest absolute Gasteiger partial charge is 0.350 e. The molecule has 1 aromatic carbocycles. The number of benzene rings is 1. The number of ether oxygens (including phenoxy) is 3. The first-order valence-electron chi connectivity index (χ1n) is 8.19. The third kappa shape index (κ3) is 6.61. The zero-order chi connectivity index (χ0) is 19.8. The fourth-order valence-corrected chi connectivity index (χ4v) is 3.06. The Kier molecular flexibility index (Phi) is 7.68. The molecule has 2 rings (SSSR count). The number of aryl methyl sites for hydroxylation is 1. The molecule has 0 spiro atoms. The van der Waals surface area contributed by atoms with Crippen molar-refractivity contribution in [1.29, 1.82) is 0 Å². The largest absolute Gasteiger partial charge is 0.486 e. The average molecular weight is 396 g/mol. The van der Waals surface area contributed by atoms with Crippen molar-refractivity contribution in [3.63, 3.8) is 0 Å². The second-order valence-corrected chi connectivity index (χ2v) is 6.85. The van der Waals surface area contributed by atoms with E-state index in [0.29, 0.717) is 27.9 Å². The standard InChI is InChI=1S/C18H21FN2O5S/c1-11(8-24-3)20-15(22)9-26-18(23)17-12(2)21-16(27-17)10-25-14-6-4-13(19)5-7-14/h4-7,11H,8-10H2,1-3H3,(H,20,22). The van der Waals surface area contributed by atoms with Crippen LogP contribution >= 0.6 is 11.3 Å². The van der Waals surface area contributed by atoms with E-state index in [1.165, 1.54) is 31.4 Å². The van der Waals surface area contributed by atoms with Gasteiger partial charge in [-0.25, -0.2) is 14.2 Å². The Morgan fingerprint density at radius 1 is 1.30 bits per heavy atom. The third-order valence-corrected chi connectivity index (χ3v) is 4.47. The molecule has 1 atom stereocenters. The van der Waals surface area contributed by atoms with Gasteiger partial charge in [-0.1, -0.05) is 0 Å². The van der Waals surface area contributed by atoms with Crippen molar-refractivity contribution in [2.24, 2.45) is 0 Å². The lowest BCUT2D eigenvalue weighted by Crippen LogP contribution is -2.38. The van der Waals surface area contributed by atoms with Crippen molar-refractivity contribution >= 4 is 23.2 Å². The van der Waals surface area contributed by atoms with E-state index in [9.17, 15) is 14.0 Å². The summed E-state index contributed by atoms with van der Waals surface area (Å²) in [5.74, 6) is -0.879. The second kappa shape index (κ2) is 9.98. The highest BCUT2D eigenvalue weighted by molar-refractivity contribution is 7.13. The molecule has 1 unspecified atom stereocenters. The summed E-state index contributed by atoms with van der Waals surface area (Å²) in [5, 5.41) is 3.22. The first-order chi connectivity index (χ1) is 12.9. The molecule has 0 fully saturated rings. The van der Waals surface area contributed by atoms with Gasteiger partial charge in [0.05, 0.1) is 12.3 Å². The van der Waals surface area contributed by atoms with Gasteiger partial charge in [0.15, 0.2) is 6.61 Å². The number of nitrogens with one attached hydrogen (secondary N) is 1. The number of carbonyl (C=O) groups excluding carboxylic acids is 2. The summed E-state index contributed by atoms with van der Waals surface area (Å²) in [4.78, 5) is 28.5. The average Bonchev–Trinajstić information content (AvgIpc) is 3.00. The Balaban J connectivity index is 1.86. The van der Waals surface area contributed by atoms with Gasteiger partial charge in [-0.05, 0) is 38.1 Å². The van der Waals surface area contributed by atoms with Crippen LogP contribution in [0.4, 0.5) is 4.39 Å². The molecule has 146 valence electrons. The molecule has 0 saturated heterocycles. The van der Waals surface area contributed by atoms with Crippen LogP contribution in [-0.2, 0) is 20.9 Å². The normalized spacial score (nSPS) is 11.7. The second-order valence-electron chi connectivity index (χ2n) is 5.76.